The number of nitrogens with two attached hydrogens (primary N) is 1. The van der Waals surface area contributed by atoms with Crippen LogP contribution in [0.3, 0.4) is 0 Å². The largest absolute Gasteiger partial charge is 0.444 e. The van der Waals surface area contributed by atoms with Crippen molar-refractivity contribution in [3.8, 4) is 0 Å². The number of nitrogens with one attached hydrogen (secondary N) is 10. The number of likely N-dealkylation sites (tertiary alicyclic amines) is 2. The Bertz CT molecular complexity index is 3920. The number of alkyl carbamates (subject to hydrolysis) is 2. The third-order valence-electron chi connectivity index (χ3n) is 20.8. The zero-order chi connectivity index (χ0) is 87.9. The zero-order valence-electron chi connectivity index (χ0n) is 72.5. The fourth-order valence-electron chi connectivity index (χ4n) is 14.9. The SMILES string of the molecule is CC(C)(C)OC(=O)NCCOCCOCC=O.CC(C)(C)OC(=O)NCCOCCOCCN1CCC(Nc2cccc3c2CN(C2CCC(=O)NC2=O)C3=O)CC1.Cl.Cl.N=S.NCCOCCOCCN1CCC(Nc2cccc3c2CN(C2CCC(=O)NC2=O)C3=O)CC1.O=C1CCC(N2Cc3c(NC4CCNCC4)cccc3C2=O)C(=O)N1.[3H]N.[Y]. The van der Waals surface area contributed by atoms with Crippen LogP contribution in [0.4, 0.5) is 26.7 Å². The van der Waals surface area contributed by atoms with Crippen LogP contribution in [0.5, 0.6) is 0 Å². The van der Waals surface area contributed by atoms with Crippen molar-refractivity contribution in [3.05, 3.63) is 88.0 Å². The van der Waals surface area contributed by atoms with E-state index in [4.69, 9.17) is 49.8 Å². The first-order valence-corrected chi connectivity index (χ1v) is 41.7. The number of fused-ring (bicyclic) bond motifs is 3. The molecule has 0 saturated carbocycles. The Balaban J connectivity index is 0.000000353. The number of aldehydes is 1. The van der Waals surface area contributed by atoms with E-state index in [2.05, 4.69) is 76.2 Å². The molecule has 11 amide bonds. The minimum Gasteiger partial charge on any atom is -0.444 e. The second-order valence-electron chi connectivity index (χ2n) is 31.8. The molecule has 0 bridgehead atoms. The second kappa shape index (κ2) is 55.8. The van der Waals surface area contributed by atoms with E-state index in [1.807, 2.05) is 75.4 Å². The number of halogens is 2. The first-order valence-electron chi connectivity index (χ1n) is 41.8. The molecule has 37 nitrogen and oxygen atoms in total. The third kappa shape index (κ3) is 35.3. The Morgan fingerprint density at radius 2 is 0.789 bits per heavy atom. The molecule has 3 aromatic rings. The van der Waals surface area contributed by atoms with Gasteiger partial charge in [0.25, 0.3) is 17.7 Å². The van der Waals surface area contributed by atoms with Crippen LogP contribution < -0.4 is 59.7 Å². The summed E-state index contributed by atoms with van der Waals surface area (Å²) in [5, 5.41) is 26.5. The molecule has 1 radical (unpaired) electrons. The number of imide groups is 3. The molecule has 9 heterocycles. The van der Waals surface area contributed by atoms with Crippen molar-refractivity contribution >= 4 is 126 Å². The number of hydrogen-bond acceptors (Lipinski definition) is 30. The van der Waals surface area contributed by atoms with E-state index in [0.717, 1.165) is 125 Å². The summed E-state index contributed by atoms with van der Waals surface area (Å²) in [4.78, 5) is 152. The molecule has 123 heavy (non-hydrogen) atoms. The van der Waals surface area contributed by atoms with E-state index in [1.165, 1.54) is 0 Å². The molecule has 683 valence electrons. The van der Waals surface area contributed by atoms with Crippen LogP contribution in [0.25, 0.3) is 0 Å². The van der Waals surface area contributed by atoms with Gasteiger partial charge in [-0.3, -0.25) is 59.1 Å². The standard InChI is InChI=1S/C29H43N5O7.C24H35N5O5.C18H22N4O3.C11H21NO5.2ClH.HNS.H3N.Y/c1-29(2,3)41-28(38)30-11-15-39-17-18-40-16-14-33-12-9-20(10-13-33)31-23-6-4-5-21-22(23)19-34(27(21)37)24-7-8-25(35)32-26(24)36;25-8-12-33-14-15-34-13-11-28-9-6-17(7-10-28)26-20-3-1-2-18-19(20)16-29(24(18)32)21-4-5-22(30)27-23(21)31;23-16-5-4-15(17(24)21-16)22-10-13-12(18(22)25)2-1-3-14(13)20-11-6-8-19-9-7-11;1-11(2,3)17-10(14)12-4-6-15-8-9-16-7-5-13;;;1-2;;/h4-6,20,24,31H,7-19H2,1-3H3,(H,30,38)(H,32,35,36);1-3,17,21,26H,4-16,25H2,(H,27,30,31);1-3,11,15,19-20H,4-10H2,(H,21,23,24);5H,4,6-9H2,1-3H3,(H,12,14);2*1H;1H;1H3;/i/hT. The van der Waals surface area contributed by atoms with Gasteiger partial charge in [0.15, 0.2) is 0 Å². The smallest absolute Gasteiger partial charge is 0.407 e. The van der Waals surface area contributed by atoms with Gasteiger partial charge >= 0.3 is 12.2 Å². The molecular formula is C82H127Cl2N17O20SY. The van der Waals surface area contributed by atoms with Crippen LogP contribution in [0.15, 0.2) is 54.6 Å². The van der Waals surface area contributed by atoms with E-state index in [0.29, 0.717) is 172 Å². The van der Waals surface area contributed by atoms with Crippen molar-refractivity contribution in [1.29, 1.82) is 4.78 Å². The summed E-state index contributed by atoms with van der Waals surface area (Å²) in [5.74, 6) is -2.40. The minimum atomic E-state index is -0.612. The fraction of sp³-hybridized carbons (Fsp3) is 0.634. The Hall–Kier alpha value is -7.64. The second-order valence-corrected chi connectivity index (χ2v) is 31.8. The van der Waals surface area contributed by atoms with Crippen molar-refractivity contribution in [2.24, 2.45) is 5.73 Å². The van der Waals surface area contributed by atoms with E-state index >= 15 is 0 Å². The summed E-state index contributed by atoms with van der Waals surface area (Å²) in [6.45, 7) is 26.6. The van der Waals surface area contributed by atoms with Crippen molar-refractivity contribution in [2.75, 3.05) is 167 Å². The molecule has 15 N–H and O–H groups in total. The summed E-state index contributed by atoms with van der Waals surface area (Å²) in [6.07, 6.45) is 11.5. The summed E-state index contributed by atoms with van der Waals surface area (Å²) in [6, 6.07) is 16.3. The summed E-state index contributed by atoms with van der Waals surface area (Å²) < 4.78 is 52.9. The number of carbonyl (C=O) groups excluding carboxylic acids is 12. The van der Waals surface area contributed by atoms with Crippen molar-refractivity contribution < 1.29 is 130 Å². The number of carbonyl (C=O) groups is 12. The summed E-state index contributed by atoms with van der Waals surface area (Å²) in [5.41, 5.74) is 12.0. The molecule has 6 saturated heterocycles. The molecule has 0 aromatic heterocycles. The van der Waals surface area contributed by atoms with Crippen LogP contribution >= 0.6 is 24.8 Å². The zero-order valence-corrected chi connectivity index (χ0v) is 76.8. The number of benzene rings is 3. The number of ether oxygens (including phenoxy) is 8. The molecule has 12 rings (SSSR count). The maximum atomic E-state index is 13.1. The van der Waals surface area contributed by atoms with Crippen LogP contribution in [0, 0.1) is 4.78 Å². The van der Waals surface area contributed by atoms with Crippen LogP contribution in [-0.4, -0.2) is 295 Å². The van der Waals surface area contributed by atoms with E-state index < -0.39 is 47.4 Å². The van der Waals surface area contributed by atoms with Gasteiger partial charge in [-0.25, -0.2) is 14.4 Å². The maximum absolute atomic E-state index is 13.1. The predicted octanol–water partition coefficient (Wildman–Crippen LogP) is 4.85. The number of rotatable bonds is 34. The number of nitrogens with zero attached hydrogens (tertiary/aromatic N) is 5. The third-order valence-corrected chi connectivity index (χ3v) is 20.8. The quantitative estimate of drug-likeness (QED) is 0.0216. The van der Waals surface area contributed by atoms with Gasteiger partial charge in [-0.05, 0) is 149 Å². The number of hydrogen-bond donors (Lipinski definition) is 12. The van der Waals surface area contributed by atoms with Gasteiger partial charge in [0.05, 0.1) is 72.7 Å². The number of anilines is 3. The number of piperidine rings is 6. The summed E-state index contributed by atoms with van der Waals surface area (Å²) in [7, 11) is 0. The molecule has 0 spiro atoms. The molecule has 3 atom stereocenters. The van der Waals surface area contributed by atoms with E-state index in [1.54, 1.807) is 35.5 Å². The van der Waals surface area contributed by atoms with Gasteiger partial charge in [-0.2, -0.15) is 0 Å². The molecule has 0 aliphatic carbocycles. The van der Waals surface area contributed by atoms with Gasteiger partial charge in [0.1, 0.15) is 43.6 Å². The van der Waals surface area contributed by atoms with Gasteiger partial charge < -0.3 is 111 Å². The average molecular weight is 1860 g/mol. The normalized spacial score (nSPS) is 19.2. The Morgan fingerprint density at radius 3 is 1.10 bits per heavy atom. The summed E-state index contributed by atoms with van der Waals surface area (Å²) >= 11 is 3.33. The Morgan fingerprint density at radius 1 is 0.480 bits per heavy atom. The molecule has 3 aromatic carbocycles. The van der Waals surface area contributed by atoms with Crippen molar-refractivity contribution in [1.82, 2.24) is 62.5 Å². The van der Waals surface area contributed by atoms with Gasteiger partial charge in [-0.1, -0.05) is 18.2 Å². The van der Waals surface area contributed by atoms with Gasteiger partial charge in [-0.15, -0.1) is 24.8 Å². The molecule has 9 aliphatic heterocycles. The minimum absolute atomic E-state index is 0. The molecule has 9 aliphatic rings. The van der Waals surface area contributed by atoms with Crippen LogP contribution in [0.1, 0.15) is 166 Å². The monoisotopic (exact) mass is 1860 g/mol. The fourth-order valence-corrected chi connectivity index (χ4v) is 14.9. The molecule has 41 heteroatoms. The van der Waals surface area contributed by atoms with Crippen LogP contribution in [0.2, 0.25) is 1.41 Å². The van der Waals surface area contributed by atoms with Gasteiger partial charge in [0.2, 0.25) is 35.4 Å². The maximum Gasteiger partial charge on any atom is 0.407 e. The topological polar surface area (TPSA) is 488 Å². The molecule has 6 fully saturated rings. The predicted molar refractivity (Wildman–Crippen MR) is 461 cm³/mol. The van der Waals surface area contributed by atoms with Crippen molar-refractivity contribution in [2.45, 2.75) is 186 Å². The first kappa shape index (κ1) is 106. The Kier molecular flexibility index (Phi) is 48.0. The number of amides is 11. The van der Waals surface area contributed by atoms with E-state index in [9.17, 15) is 57.5 Å². The Labute approximate surface area is 764 Å². The van der Waals surface area contributed by atoms with Crippen molar-refractivity contribution in [3.63, 3.8) is 0 Å². The molecule has 3 unspecified atom stereocenters. The molecular weight excluding hydrogens is 1730 g/mol. The van der Waals surface area contributed by atoms with E-state index in [-0.39, 0.29) is 131 Å². The van der Waals surface area contributed by atoms with Crippen LogP contribution in [-0.2, 0) is 136 Å². The first-order chi connectivity index (χ1) is 58.3. The average Bonchev–Trinajstić information content (AvgIpc) is 1.64. The van der Waals surface area contributed by atoms with Gasteiger partial charge in [0, 0.05) is 212 Å².